The zero-order valence-corrected chi connectivity index (χ0v) is 15.1. The molecule has 0 fully saturated rings. The average molecular weight is 423 g/mol. The number of carbonyl (C=O) groups is 2. The first-order valence-corrected chi connectivity index (χ1v) is 7.83. The Balaban J connectivity index is 2.81. The van der Waals surface area contributed by atoms with Crippen LogP contribution in [0.3, 0.4) is 0 Å². The zero-order valence-electron chi connectivity index (χ0n) is 11.9. The van der Waals surface area contributed by atoms with E-state index in [9.17, 15) is 14.7 Å². The van der Waals surface area contributed by atoms with Crippen LogP contribution in [0.2, 0.25) is 0 Å². The van der Waals surface area contributed by atoms with Gasteiger partial charge in [0.05, 0.1) is 0 Å². The maximum Gasteiger partial charge on any atom is 0.408 e. The molecule has 0 saturated heterocycles. The van der Waals surface area contributed by atoms with E-state index in [0.717, 1.165) is 14.5 Å². The molecule has 0 aliphatic heterocycles. The summed E-state index contributed by atoms with van der Waals surface area (Å²) in [6, 6.07) is 4.39. The number of nitrogens with one attached hydrogen (secondary N) is 1. The summed E-state index contributed by atoms with van der Waals surface area (Å²) in [6.07, 6.45) is -0.602. The standard InChI is InChI=1S/C14H17Br2NO4/c1-14(2,3)21-13(20)17-11(12(18)19)7-8-6-9(15)4-5-10(8)16/h4-6,11H,7H2,1-3H3,(H,17,20)(H,18,19)/t11-/m0/s1. The van der Waals surface area contributed by atoms with Crippen molar-refractivity contribution in [1.29, 1.82) is 0 Å². The average Bonchev–Trinajstić information content (AvgIpc) is 2.30. The van der Waals surface area contributed by atoms with Gasteiger partial charge in [0.1, 0.15) is 11.6 Å². The van der Waals surface area contributed by atoms with Gasteiger partial charge < -0.3 is 15.2 Å². The molecule has 0 aromatic heterocycles. The highest BCUT2D eigenvalue weighted by atomic mass is 79.9. The monoisotopic (exact) mass is 421 g/mol. The molecule has 0 aliphatic carbocycles. The van der Waals surface area contributed by atoms with Gasteiger partial charge in [-0.1, -0.05) is 31.9 Å². The Hall–Kier alpha value is -1.08. The van der Waals surface area contributed by atoms with Crippen molar-refractivity contribution in [1.82, 2.24) is 5.32 Å². The van der Waals surface area contributed by atoms with Crippen molar-refractivity contribution >= 4 is 43.9 Å². The molecule has 5 nitrogen and oxygen atoms in total. The number of hydrogen-bond donors (Lipinski definition) is 2. The first kappa shape index (κ1) is 18.0. The Bertz CT molecular complexity index is 540. The summed E-state index contributed by atoms with van der Waals surface area (Å²) in [4.78, 5) is 23.0. The molecule has 1 amide bonds. The predicted molar refractivity (Wildman–Crippen MR) is 86.3 cm³/mol. The zero-order chi connectivity index (χ0) is 16.2. The van der Waals surface area contributed by atoms with E-state index < -0.39 is 23.7 Å². The van der Waals surface area contributed by atoms with Crippen LogP contribution in [-0.4, -0.2) is 28.8 Å². The van der Waals surface area contributed by atoms with Crippen molar-refractivity contribution in [2.45, 2.75) is 38.8 Å². The fourth-order valence-electron chi connectivity index (χ4n) is 1.57. The fraction of sp³-hybridized carbons (Fsp3) is 0.429. The summed E-state index contributed by atoms with van der Waals surface area (Å²) in [7, 11) is 0. The van der Waals surface area contributed by atoms with Crippen molar-refractivity contribution in [2.24, 2.45) is 0 Å². The number of halogens is 2. The second-order valence-electron chi connectivity index (χ2n) is 5.48. The van der Waals surface area contributed by atoms with Crippen LogP contribution in [-0.2, 0) is 16.0 Å². The summed E-state index contributed by atoms with van der Waals surface area (Å²) in [5, 5.41) is 11.6. The number of ether oxygens (including phenoxy) is 1. The van der Waals surface area contributed by atoms with Crippen molar-refractivity contribution in [3.05, 3.63) is 32.7 Å². The first-order valence-electron chi connectivity index (χ1n) is 6.25. The van der Waals surface area contributed by atoms with Crippen LogP contribution < -0.4 is 5.32 Å². The molecule has 1 rings (SSSR count). The lowest BCUT2D eigenvalue weighted by Gasteiger charge is -2.22. The second kappa shape index (κ2) is 7.26. The van der Waals surface area contributed by atoms with Gasteiger partial charge in [-0.2, -0.15) is 0 Å². The Morgan fingerprint density at radius 3 is 2.48 bits per heavy atom. The molecule has 21 heavy (non-hydrogen) atoms. The summed E-state index contributed by atoms with van der Waals surface area (Å²) in [6.45, 7) is 5.15. The molecule has 0 radical (unpaired) electrons. The molecule has 1 aromatic carbocycles. The van der Waals surface area contributed by atoms with Crippen LogP contribution in [0, 0.1) is 0 Å². The third kappa shape index (κ3) is 6.48. The quantitative estimate of drug-likeness (QED) is 0.774. The predicted octanol–water partition coefficient (Wildman–Crippen LogP) is 3.73. The van der Waals surface area contributed by atoms with Crippen LogP contribution in [0.25, 0.3) is 0 Å². The largest absolute Gasteiger partial charge is 0.480 e. The molecule has 0 unspecified atom stereocenters. The van der Waals surface area contributed by atoms with Crippen molar-refractivity contribution in [3.63, 3.8) is 0 Å². The van der Waals surface area contributed by atoms with Crippen LogP contribution in [0.1, 0.15) is 26.3 Å². The minimum atomic E-state index is -1.12. The highest BCUT2D eigenvalue weighted by Gasteiger charge is 2.24. The third-order valence-corrected chi connectivity index (χ3v) is 3.69. The van der Waals surface area contributed by atoms with E-state index in [1.54, 1.807) is 26.8 Å². The molecule has 2 N–H and O–H groups in total. The van der Waals surface area contributed by atoms with E-state index >= 15 is 0 Å². The van der Waals surface area contributed by atoms with E-state index in [0.29, 0.717) is 0 Å². The molecular weight excluding hydrogens is 406 g/mol. The number of amides is 1. The number of carboxylic acid groups (broad SMARTS) is 1. The first-order chi connectivity index (χ1) is 9.58. The lowest BCUT2D eigenvalue weighted by Crippen LogP contribution is -2.44. The number of alkyl carbamates (subject to hydrolysis) is 1. The number of carbonyl (C=O) groups excluding carboxylic acids is 1. The van der Waals surface area contributed by atoms with Gasteiger partial charge in [0.25, 0.3) is 0 Å². The van der Waals surface area contributed by atoms with Crippen LogP contribution in [0.15, 0.2) is 27.1 Å². The van der Waals surface area contributed by atoms with Gasteiger partial charge in [0, 0.05) is 15.4 Å². The van der Waals surface area contributed by atoms with E-state index in [2.05, 4.69) is 37.2 Å². The summed E-state index contributed by atoms with van der Waals surface area (Å²) in [5.41, 5.74) is 0.0941. The van der Waals surface area contributed by atoms with Gasteiger partial charge in [0.2, 0.25) is 0 Å². The second-order valence-corrected chi connectivity index (χ2v) is 7.25. The van der Waals surface area contributed by atoms with E-state index in [-0.39, 0.29) is 6.42 Å². The highest BCUT2D eigenvalue weighted by Crippen LogP contribution is 2.23. The SMILES string of the molecule is CC(C)(C)OC(=O)N[C@@H](Cc1cc(Br)ccc1Br)C(=O)O. The summed E-state index contributed by atoms with van der Waals surface area (Å²) >= 11 is 6.70. The summed E-state index contributed by atoms with van der Waals surface area (Å²) in [5.74, 6) is -1.12. The molecule has 116 valence electrons. The molecule has 1 aromatic rings. The normalized spacial score (nSPS) is 12.6. The maximum absolute atomic E-state index is 11.7. The number of carboxylic acids is 1. The van der Waals surface area contributed by atoms with Gasteiger partial charge in [0.15, 0.2) is 0 Å². The molecular formula is C14H17Br2NO4. The topological polar surface area (TPSA) is 75.6 Å². The Kier molecular flexibility index (Phi) is 6.22. The molecule has 1 atom stereocenters. The highest BCUT2D eigenvalue weighted by molar-refractivity contribution is 9.11. The van der Waals surface area contributed by atoms with E-state index in [4.69, 9.17) is 4.74 Å². The molecule has 0 heterocycles. The lowest BCUT2D eigenvalue weighted by atomic mass is 10.1. The number of aliphatic carboxylic acids is 1. The molecule has 0 aliphatic rings. The van der Waals surface area contributed by atoms with Gasteiger partial charge >= 0.3 is 12.1 Å². The Labute approximate surface area is 140 Å². The smallest absolute Gasteiger partial charge is 0.408 e. The lowest BCUT2D eigenvalue weighted by molar-refractivity contribution is -0.139. The van der Waals surface area contributed by atoms with Crippen LogP contribution in [0.5, 0.6) is 0 Å². The Morgan fingerprint density at radius 1 is 1.33 bits per heavy atom. The van der Waals surface area contributed by atoms with Gasteiger partial charge in [-0.3, -0.25) is 0 Å². The minimum Gasteiger partial charge on any atom is -0.480 e. The third-order valence-electron chi connectivity index (χ3n) is 2.42. The van der Waals surface area contributed by atoms with Crippen LogP contribution in [0.4, 0.5) is 4.79 Å². The van der Waals surface area contributed by atoms with Crippen LogP contribution >= 0.6 is 31.9 Å². The Morgan fingerprint density at radius 2 is 1.95 bits per heavy atom. The van der Waals surface area contributed by atoms with E-state index in [1.165, 1.54) is 0 Å². The number of hydrogen-bond acceptors (Lipinski definition) is 3. The minimum absolute atomic E-state index is 0.147. The number of benzene rings is 1. The maximum atomic E-state index is 11.7. The van der Waals surface area contributed by atoms with Crippen molar-refractivity contribution in [2.75, 3.05) is 0 Å². The summed E-state index contributed by atoms with van der Waals surface area (Å²) < 4.78 is 6.69. The van der Waals surface area contributed by atoms with Gasteiger partial charge in [-0.25, -0.2) is 9.59 Å². The molecule has 0 saturated carbocycles. The van der Waals surface area contributed by atoms with E-state index in [1.807, 2.05) is 12.1 Å². The van der Waals surface area contributed by atoms with Crippen molar-refractivity contribution in [3.8, 4) is 0 Å². The number of rotatable bonds is 4. The molecule has 7 heteroatoms. The van der Waals surface area contributed by atoms with Gasteiger partial charge in [-0.05, 0) is 44.5 Å². The van der Waals surface area contributed by atoms with Crippen molar-refractivity contribution < 1.29 is 19.4 Å². The molecule has 0 bridgehead atoms. The fourth-order valence-corrected chi connectivity index (χ4v) is 2.39. The molecule has 0 spiro atoms. The van der Waals surface area contributed by atoms with Gasteiger partial charge in [-0.15, -0.1) is 0 Å².